The van der Waals surface area contributed by atoms with Gasteiger partial charge in [-0.05, 0) is 36.5 Å². The summed E-state index contributed by atoms with van der Waals surface area (Å²) in [5.74, 6) is -0.737. The minimum Gasteiger partial charge on any atom is -0.314 e. The van der Waals surface area contributed by atoms with E-state index in [1.54, 1.807) is 0 Å². The molecule has 1 saturated heterocycles. The van der Waals surface area contributed by atoms with Crippen LogP contribution in [0.4, 0.5) is 17.6 Å². The second kappa shape index (κ2) is 7.36. The van der Waals surface area contributed by atoms with Crippen molar-refractivity contribution in [2.24, 2.45) is 5.92 Å². The lowest BCUT2D eigenvalue weighted by atomic mass is 9.76. The van der Waals surface area contributed by atoms with E-state index in [1.165, 1.54) is 6.07 Å². The van der Waals surface area contributed by atoms with Gasteiger partial charge >= 0.3 is 6.18 Å². The van der Waals surface area contributed by atoms with Crippen LogP contribution >= 0.6 is 12.4 Å². The fourth-order valence-electron chi connectivity index (χ4n) is 3.44. The molecule has 0 amide bonds. The zero-order chi connectivity index (χ0) is 15.7. The van der Waals surface area contributed by atoms with E-state index in [-0.39, 0.29) is 18.4 Å². The van der Waals surface area contributed by atoms with Crippen LogP contribution in [0.15, 0.2) is 18.2 Å². The van der Waals surface area contributed by atoms with Crippen molar-refractivity contribution in [3.63, 3.8) is 0 Å². The third-order valence-corrected chi connectivity index (χ3v) is 4.78. The Morgan fingerprint density at radius 3 is 2.26 bits per heavy atom. The molecule has 23 heavy (non-hydrogen) atoms. The number of rotatable bonds is 3. The highest BCUT2D eigenvalue weighted by atomic mass is 35.5. The van der Waals surface area contributed by atoms with Crippen molar-refractivity contribution in [3.8, 4) is 0 Å². The SMILES string of the molecule is Cl.Fc1cc([C@@H](C2CCC2)N2CCNCC2)ccc1C(F)(F)F. The second-order valence-electron chi connectivity index (χ2n) is 6.16. The molecule has 7 heteroatoms. The van der Waals surface area contributed by atoms with Gasteiger partial charge in [-0.1, -0.05) is 12.5 Å². The molecule has 1 atom stereocenters. The Morgan fingerprint density at radius 2 is 1.78 bits per heavy atom. The normalized spacial score (nSPS) is 21.4. The van der Waals surface area contributed by atoms with Crippen LogP contribution in [0.2, 0.25) is 0 Å². The molecule has 1 aliphatic carbocycles. The Balaban J connectivity index is 0.00000192. The molecule has 0 radical (unpaired) electrons. The number of nitrogens with zero attached hydrogens (tertiary/aromatic N) is 1. The largest absolute Gasteiger partial charge is 0.419 e. The van der Waals surface area contributed by atoms with E-state index < -0.39 is 17.6 Å². The number of piperazine rings is 1. The van der Waals surface area contributed by atoms with Crippen molar-refractivity contribution < 1.29 is 17.6 Å². The number of halogens is 5. The van der Waals surface area contributed by atoms with Crippen molar-refractivity contribution in [2.75, 3.05) is 26.2 Å². The summed E-state index contributed by atoms with van der Waals surface area (Å²) < 4.78 is 52.0. The van der Waals surface area contributed by atoms with Gasteiger partial charge in [-0.25, -0.2) is 4.39 Å². The van der Waals surface area contributed by atoms with E-state index in [4.69, 9.17) is 0 Å². The number of benzene rings is 1. The summed E-state index contributed by atoms with van der Waals surface area (Å²) in [4.78, 5) is 2.28. The first-order chi connectivity index (χ1) is 10.5. The molecule has 1 saturated carbocycles. The number of hydrogen-bond acceptors (Lipinski definition) is 2. The molecule has 0 bridgehead atoms. The number of alkyl halides is 3. The molecular weight excluding hydrogens is 332 g/mol. The molecule has 1 aliphatic heterocycles. The molecule has 1 aromatic carbocycles. The van der Waals surface area contributed by atoms with E-state index >= 15 is 0 Å². The maximum atomic E-state index is 13.9. The highest BCUT2D eigenvalue weighted by Crippen LogP contribution is 2.42. The zero-order valence-electron chi connectivity index (χ0n) is 12.7. The van der Waals surface area contributed by atoms with Gasteiger partial charge in [0.1, 0.15) is 5.82 Å². The van der Waals surface area contributed by atoms with Crippen LogP contribution in [0.5, 0.6) is 0 Å². The Hall–Kier alpha value is -0.850. The van der Waals surface area contributed by atoms with Gasteiger partial charge in [0.2, 0.25) is 0 Å². The summed E-state index contributed by atoms with van der Waals surface area (Å²) in [6.45, 7) is 3.44. The number of hydrogen-bond donors (Lipinski definition) is 1. The third-order valence-electron chi connectivity index (χ3n) is 4.78. The molecule has 130 valence electrons. The lowest BCUT2D eigenvalue weighted by molar-refractivity contribution is -0.140. The molecular formula is C16H21ClF4N2. The summed E-state index contributed by atoms with van der Waals surface area (Å²) in [6.07, 6.45) is -1.35. The predicted octanol–water partition coefficient (Wildman–Crippen LogP) is 4.01. The maximum absolute atomic E-state index is 13.9. The van der Waals surface area contributed by atoms with Crippen LogP contribution in [0, 0.1) is 11.7 Å². The van der Waals surface area contributed by atoms with Gasteiger partial charge in [-0.2, -0.15) is 13.2 Å². The smallest absolute Gasteiger partial charge is 0.314 e. The van der Waals surface area contributed by atoms with Gasteiger partial charge in [0.05, 0.1) is 5.56 Å². The number of nitrogens with one attached hydrogen (secondary N) is 1. The highest BCUT2D eigenvalue weighted by Gasteiger charge is 2.37. The van der Waals surface area contributed by atoms with Crippen molar-refractivity contribution in [1.82, 2.24) is 10.2 Å². The molecule has 1 N–H and O–H groups in total. The van der Waals surface area contributed by atoms with Crippen LogP contribution in [0.3, 0.4) is 0 Å². The van der Waals surface area contributed by atoms with Crippen LogP contribution in [0.1, 0.15) is 36.4 Å². The monoisotopic (exact) mass is 352 g/mol. The summed E-state index contributed by atoms with van der Waals surface area (Å²) in [6, 6.07) is 3.47. The molecule has 0 unspecified atom stereocenters. The summed E-state index contributed by atoms with van der Waals surface area (Å²) >= 11 is 0. The highest BCUT2D eigenvalue weighted by molar-refractivity contribution is 5.85. The van der Waals surface area contributed by atoms with Gasteiger partial charge in [0.15, 0.2) is 0 Å². The first-order valence-corrected chi connectivity index (χ1v) is 7.78. The Morgan fingerprint density at radius 1 is 1.13 bits per heavy atom. The van der Waals surface area contributed by atoms with Gasteiger partial charge in [-0.3, -0.25) is 4.90 Å². The standard InChI is InChI=1S/C16H20F4N2.ClH/c17-14-10-12(4-5-13(14)16(18,19)20)15(11-2-1-3-11)22-8-6-21-7-9-22;/h4-5,10-11,15,21H,1-3,6-9H2;1H/t15-;/m1./s1. The van der Waals surface area contributed by atoms with E-state index in [1.807, 2.05) is 0 Å². The second-order valence-corrected chi connectivity index (χ2v) is 6.16. The Bertz CT molecular complexity index is 525. The molecule has 1 heterocycles. The first-order valence-electron chi connectivity index (χ1n) is 7.78. The third kappa shape index (κ3) is 3.98. The van der Waals surface area contributed by atoms with Crippen molar-refractivity contribution >= 4 is 12.4 Å². The van der Waals surface area contributed by atoms with Gasteiger partial charge < -0.3 is 5.32 Å². The summed E-state index contributed by atoms with van der Waals surface area (Å²) in [7, 11) is 0. The zero-order valence-corrected chi connectivity index (χ0v) is 13.5. The topological polar surface area (TPSA) is 15.3 Å². The molecule has 0 spiro atoms. The average molecular weight is 353 g/mol. The van der Waals surface area contributed by atoms with Gasteiger partial charge in [0, 0.05) is 32.2 Å². The Kier molecular flexibility index (Phi) is 5.92. The molecule has 0 aromatic heterocycles. The molecule has 1 aromatic rings. The fourth-order valence-corrected chi connectivity index (χ4v) is 3.44. The molecule has 3 rings (SSSR count). The van der Waals surface area contributed by atoms with E-state index in [2.05, 4.69) is 10.2 Å². The average Bonchev–Trinajstić information content (AvgIpc) is 2.42. The van der Waals surface area contributed by atoms with Gasteiger partial charge in [-0.15, -0.1) is 12.4 Å². The summed E-state index contributed by atoms with van der Waals surface area (Å²) in [5.41, 5.74) is -0.499. The van der Waals surface area contributed by atoms with Crippen LogP contribution in [0.25, 0.3) is 0 Å². The molecule has 2 fully saturated rings. The quantitative estimate of drug-likeness (QED) is 0.827. The lowest BCUT2D eigenvalue weighted by Crippen LogP contribution is -2.47. The summed E-state index contributed by atoms with van der Waals surface area (Å²) in [5, 5.41) is 3.27. The van der Waals surface area contributed by atoms with Crippen LogP contribution in [-0.4, -0.2) is 31.1 Å². The van der Waals surface area contributed by atoms with Crippen molar-refractivity contribution in [3.05, 3.63) is 35.1 Å². The first kappa shape index (κ1) is 18.5. The molecule has 2 aliphatic rings. The predicted molar refractivity (Wildman–Crippen MR) is 83.2 cm³/mol. The Labute approximate surface area is 139 Å². The van der Waals surface area contributed by atoms with Crippen molar-refractivity contribution in [2.45, 2.75) is 31.5 Å². The lowest BCUT2D eigenvalue weighted by Gasteiger charge is -2.43. The van der Waals surface area contributed by atoms with Crippen molar-refractivity contribution in [1.29, 1.82) is 0 Å². The van der Waals surface area contributed by atoms with Crippen LogP contribution < -0.4 is 5.32 Å². The maximum Gasteiger partial charge on any atom is 0.419 e. The van der Waals surface area contributed by atoms with Gasteiger partial charge in [0.25, 0.3) is 0 Å². The van der Waals surface area contributed by atoms with E-state index in [9.17, 15) is 17.6 Å². The van der Waals surface area contributed by atoms with E-state index in [0.29, 0.717) is 11.5 Å². The minimum absolute atomic E-state index is 0. The van der Waals surface area contributed by atoms with E-state index in [0.717, 1.165) is 57.6 Å². The van der Waals surface area contributed by atoms with Crippen LogP contribution in [-0.2, 0) is 6.18 Å². The molecule has 2 nitrogen and oxygen atoms in total. The fraction of sp³-hybridized carbons (Fsp3) is 0.625. The minimum atomic E-state index is -4.64.